The van der Waals surface area contributed by atoms with Crippen molar-refractivity contribution in [3.63, 3.8) is 0 Å². The Balaban J connectivity index is 1.32. The van der Waals surface area contributed by atoms with Crippen molar-refractivity contribution in [3.05, 3.63) is 60.1 Å². The number of aryl methyl sites for hydroxylation is 2. The molecule has 1 saturated heterocycles. The molecule has 1 aliphatic rings. The van der Waals surface area contributed by atoms with Gasteiger partial charge in [-0.25, -0.2) is 4.98 Å². The third-order valence-corrected chi connectivity index (χ3v) is 5.17. The normalized spacial score (nSPS) is 14.2. The Morgan fingerprint density at radius 2 is 1.83 bits per heavy atom. The predicted octanol–water partition coefficient (Wildman–Crippen LogP) is 3.11. The van der Waals surface area contributed by atoms with E-state index in [4.69, 9.17) is 4.42 Å². The molecule has 1 aromatic carbocycles. The second-order valence-corrected chi connectivity index (χ2v) is 7.21. The van der Waals surface area contributed by atoms with Gasteiger partial charge in [0.05, 0.1) is 5.56 Å². The highest BCUT2D eigenvalue weighted by molar-refractivity contribution is 5.77. The van der Waals surface area contributed by atoms with E-state index in [0.717, 1.165) is 37.3 Å². The largest absolute Gasteiger partial charge is 0.421 e. The van der Waals surface area contributed by atoms with Gasteiger partial charge in [0.1, 0.15) is 5.82 Å². The Kier molecular flexibility index (Phi) is 5.84. The summed E-state index contributed by atoms with van der Waals surface area (Å²) in [6, 6.07) is 14.1. The van der Waals surface area contributed by atoms with Gasteiger partial charge in [-0.2, -0.15) is 0 Å². The summed E-state index contributed by atoms with van der Waals surface area (Å²) < 4.78 is 5.59. The monoisotopic (exact) mass is 391 g/mol. The molecule has 3 heterocycles. The first-order valence-corrected chi connectivity index (χ1v) is 10.0. The summed E-state index contributed by atoms with van der Waals surface area (Å²) in [6.45, 7) is 4.64. The van der Waals surface area contributed by atoms with Gasteiger partial charge in [-0.15, -0.1) is 10.2 Å². The van der Waals surface area contributed by atoms with Crippen molar-refractivity contribution < 1.29 is 9.21 Å². The minimum absolute atomic E-state index is 0.231. The van der Waals surface area contributed by atoms with E-state index in [-0.39, 0.29) is 5.91 Å². The van der Waals surface area contributed by atoms with E-state index in [2.05, 4.69) is 32.2 Å². The molecule has 0 saturated carbocycles. The van der Waals surface area contributed by atoms with Crippen molar-refractivity contribution in [3.8, 4) is 11.5 Å². The molecule has 0 aliphatic carbocycles. The molecule has 0 radical (unpaired) electrons. The summed E-state index contributed by atoms with van der Waals surface area (Å²) in [5, 5.41) is 8.04. The van der Waals surface area contributed by atoms with Crippen LogP contribution in [0, 0.1) is 6.92 Å². The second-order valence-electron chi connectivity index (χ2n) is 7.21. The van der Waals surface area contributed by atoms with Crippen LogP contribution in [0.2, 0.25) is 0 Å². The fraction of sp³-hybridized carbons (Fsp3) is 0.364. The molecule has 150 valence electrons. The Bertz CT molecular complexity index is 949. The molecule has 0 spiro atoms. The van der Waals surface area contributed by atoms with Gasteiger partial charge >= 0.3 is 0 Å². The molecule has 7 heteroatoms. The van der Waals surface area contributed by atoms with Crippen molar-refractivity contribution in [2.24, 2.45) is 0 Å². The fourth-order valence-corrected chi connectivity index (χ4v) is 3.64. The summed E-state index contributed by atoms with van der Waals surface area (Å²) >= 11 is 0. The minimum Gasteiger partial charge on any atom is -0.421 e. The van der Waals surface area contributed by atoms with Gasteiger partial charge in [-0.3, -0.25) is 4.79 Å². The predicted molar refractivity (Wildman–Crippen MR) is 110 cm³/mol. The van der Waals surface area contributed by atoms with Crippen LogP contribution < -0.4 is 4.90 Å². The van der Waals surface area contributed by atoms with Crippen LogP contribution in [-0.4, -0.2) is 52.2 Å². The molecule has 1 fully saturated rings. The average molecular weight is 391 g/mol. The minimum atomic E-state index is 0.231. The van der Waals surface area contributed by atoms with Gasteiger partial charge in [-0.05, 0) is 30.5 Å². The van der Waals surface area contributed by atoms with E-state index < -0.39 is 0 Å². The lowest BCUT2D eigenvalue weighted by Gasteiger charge is -2.36. The van der Waals surface area contributed by atoms with Crippen LogP contribution in [-0.2, 0) is 11.2 Å². The van der Waals surface area contributed by atoms with Crippen LogP contribution in [0.3, 0.4) is 0 Å². The van der Waals surface area contributed by atoms with Gasteiger partial charge in [0.15, 0.2) is 0 Å². The van der Waals surface area contributed by atoms with E-state index >= 15 is 0 Å². The average Bonchev–Trinajstić information content (AvgIpc) is 3.21. The van der Waals surface area contributed by atoms with Crippen molar-refractivity contribution >= 4 is 11.7 Å². The zero-order chi connectivity index (χ0) is 20.1. The summed E-state index contributed by atoms with van der Waals surface area (Å²) in [5.74, 6) is 2.06. The molecule has 2 aromatic heterocycles. The van der Waals surface area contributed by atoms with Crippen LogP contribution in [0.4, 0.5) is 5.82 Å². The number of aromatic nitrogens is 3. The van der Waals surface area contributed by atoms with Gasteiger partial charge in [0, 0.05) is 45.7 Å². The number of amides is 1. The molecule has 0 atom stereocenters. The summed E-state index contributed by atoms with van der Waals surface area (Å²) in [4.78, 5) is 21.3. The molecule has 4 rings (SSSR count). The van der Waals surface area contributed by atoms with E-state index in [1.807, 2.05) is 35.2 Å². The zero-order valence-electron chi connectivity index (χ0n) is 16.6. The number of pyridine rings is 1. The molecule has 1 amide bonds. The first-order valence-electron chi connectivity index (χ1n) is 10.0. The maximum absolute atomic E-state index is 12.6. The number of piperazine rings is 1. The SMILES string of the molecule is Cc1nnc(-c2cccnc2N2CCN(C(=O)CCCc3ccccc3)CC2)o1. The number of carbonyl (C=O) groups is 1. The summed E-state index contributed by atoms with van der Waals surface area (Å²) in [5.41, 5.74) is 2.11. The standard InChI is InChI=1S/C22H25N5O2/c1-17-24-25-22(29-17)19-10-6-12-23-21(19)27-15-13-26(14-16-27)20(28)11-5-9-18-7-3-2-4-8-18/h2-4,6-8,10,12H,5,9,11,13-16H2,1H3. The molecule has 0 N–H and O–H groups in total. The molecule has 1 aliphatic heterocycles. The lowest BCUT2D eigenvalue weighted by Crippen LogP contribution is -2.49. The number of rotatable bonds is 6. The molecule has 0 unspecified atom stereocenters. The third-order valence-electron chi connectivity index (χ3n) is 5.17. The molecule has 0 bridgehead atoms. The van der Waals surface area contributed by atoms with E-state index in [0.29, 0.717) is 31.3 Å². The number of carbonyl (C=O) groups excluding carboxylic acids is 1. The van der Waals surface area contributed by atoms with Crippen molar-refractivity contribution in [2.75, 3.05) is 31.1 Å². The fourth-order valence-electron chi connectivity index (χ4n) is 3.64. The molecular weight excluding hydrogens is 366 g/mol. The maximum atomic E-state index is 12.6. The third kappa shape index (κ3) is 4.62. The highest BCUT2D eigenvalue weighted by Gasteiger charge is 2.24. The first kappa shape index (κ1) is 19.1. The van der Waals surface area contributed by atoms with Crippen LogP contribution >= 0.6 is 0 Å². The quantitative estimate of drug-likeness (QED) is 0.643. The van der Waals surface area contributed by atoms with Gasteiger partial charge in [0.25, 0.3) is 5.89 Å². The second kappa shape index (κ2) is 8.86. The number of benzene rings is 1. The maximum Gasteiger partial charge on any atom is 0.251 e. The molecular formula is C22H25N5O2. The highest BCUT2D eigenvalue weighted by Crippen LogP contribution is 2.28. The number of hydrogen-bond donors (Lipinski definition) is 0. The van der Waals surface area contributed by atoms with Crippen LogP contribution in [0.15, 0.2) is 53.1 Å². The molecule has 3 aromatic rings. The van der Waals surface area contributed by atoms with E-state index in [1.54, 1.807) is 13.1 Å². The van der Waals surface area contributed by atoms with Gasteiger partial charge in [-0.1, -0.05) is 30.3 Å². The lowest BCUT2D eigenvalue weighted by atomic mass is 10.1. The molecule has 7 nitrogen and oxygen atoms in total. The zero-order valence-corrected chi connectivity index (χ0v) is 16.6. The lowest BCUT2D eigenvalue weighted by molar-refractivity contribution is -0.131. The Labute approximate surface area is 170 Å². The number of anilines is 1. The van der Waals surface area contributed by atoms with E-state index in [1.165, 1.54) is 5.56 Å². The highest BCUT2D eigenvalue weighted by atomic mass is 16.4. The van der Waals surface area contributed by atoms with Gasteiger partial charge < -0.3 is 14.2 Å². The Morgan fingerprint density at radius 1 is 1.03 bits per heavy atom. The Hall–Kier alpha value is -3.22. The first-order chi connectivity index (χ1) is 14.2. The summed E-state index contributed by atoms with van der Waals surface area (Å²) in [6.07, 6.45) is 4.17. The van der Waals surface area contributed by atoms with Crippen molar-refractivity contribution in [2.45, 2.75) is 26.2 Å². The van der Waals surface area contributed by atoms with Crippen LogP contribution in [0.25, 0.3) is 11.5 Å². The Morgan fingerprint density at radius 3 is 2.55 bits per heavy atom. The van der Waals surface area contributed by atoms with E-state index in [9.17, 15) is 4.79 Å². The van der Waals surface area contributed by atoms with Crippen LogP contribution in [0.1, 0.15) is 24.3 Å². The number of hydrogen-bond acceptors (Lipinski definition) is 6. The molecule has 29 heavy (non-hydrogen) atoms. The van der Waals surface area contributed by atoms with Crippen molar-refractivity contribution in [1.82, 2.24) is 20.1 Å². The van der Waals surface area contributed by atoms with Crippen molar-refractivity contribution in [1.29, 1.82) is 0 Å². The van der Waals surface area contributed by atoms with Gasteiger partial charge in [0.2, 0.25) is 11.8 Å². The topological polar surface area (TPSA) is 75.4 Å². The van der Waals surface area contributed by atoms with Crippen LogP contribution in [0.5, 0.6) is 0 Å². The number of nitrogens with zero attached hydrogens (tertiary/aromatic N) is 5. The summed E-state index contributed by atoms with van der Waals surface area (Å²) in [7, 11) is 0. The smallest absolute Gasteiger partial charge is 0.251 e.